The molecule has 7 heteroatoms. The van der Waals surface area contributed by atoms with E-state index in [1.165, 1.54) is 0 Å². The molecule has 0 aliphatic carbocycles. The zero-order valence-corrected chi connectivity index (χ0v) is 14.6. The van der Waals surface area contributed by atoms with Crippen LogP contribution >= 0.6 is 11.8 Å². The summed E-state index contributed by atoms with van der Waals surface area (Å²) < 4.78 is 11.3. The van der Waals surface area contributed by atoms with Gasteiger partial charge in [0.2, 0.25) is 5.91 Å². The van der Waals surface area contributed by atoms with Gasteiger partial charge in [0.25, 0.3) is 0 Å². The standard InChI is InChI=1S/C17H25N3O3S/c21-17(15-12-24-13-19-15)18-11-14-3-1-2-4-16(14)23-10-7-20-5-8-22-9-6-20/h1-4,15,19H,5-13H2,(H,18,21). The molecule has 2 heterocycles. The molecule has 1 amide bonds. The summed E-state index contributed by atoms with van der Waals surface area (Å²) in [4.78, 5) is 14.4. The number of thioether (sulfide) groups is 1. The Balaban J connectivity index is 1.46. The van der Waals surface area contributed by atoms with Crippen LogP contribution in [0.2, 0.25) is 0 Å². The van der Waals surface area contributed by atoms with E-state index in [9.17, 15) is 4.79 Å². The molecule has 132 valence electrons. The van der Waals surface area contributed by atoms with Crippen molar-refractivity contribution >= 4 is 17.7 Å². The number of hydrogen-bond acceptors (Lipinski definition) is 6. The van der Waals surface area contributed by atoms with Gasteiger partial charge in [0, 0.05) is 43.4 Å². The number of benzene rings is 1. The van der Waals surface area contributed by atoms with Gasteiger partial charge in [-0.2, -0.15) is 0 Å². The topological polar surface area (TPSA) is 62.8 Å². The highest BCUT2D eigenvalue weighted by molar-refractivity contribution is 7.99. The van der Waals surface area contributed by atoms with E-state index in [1.54, 1.807) is 11.8 Å². The van der Waals surface area contributed by atoms with Crippen molar-refractivity contribution in [1.82, 2.24) is 15.5 Å². The maximum absolute atomic E-state index is 12.1. The first-order chi connectivity index (χ1) is 11.8. The van der Waals surface area contributed by atoms with Gasteiger partial charge in [0.05, 0.1) is 19.3 Å². The maximum Gasteiger partial charge on any atom is 0.238 e. The van der Waals surface area contributed by atoms with Crippen molar-refractivity contribution in [2.45, 2.75) is 12.6 Å². The number of hydrogen-bond donors (Lipinski definition) is 2. The first-order valence-electron chi connectivity index (χ1n) is 8.42. The van der Waals surface area contributed by atoms with Gasteiger partial charge in [-0.05, 0) is 6.07 Å². The molecular weight excluding hydrogens is 326 g/mol. The second-order valence-corrected chi connectivity index (χ2v) is 6.93. The Morgan fingerprint density at radius 1 is 1.38 bits per heavy atom. The fourth-order valence-electron chi connectivity index (χ4n) is 2.77. The lowest BCUT2D eigenvalue weighted by molar-refractivity contribution is -0.122. The van der Waals surface area contributed by atoms with E-state index in [0.717, 1.165) is 55.8 Å². The fraction of sp³-hybridized carbons (Fsp3) is 0.588. The summed E-state index contributed by atoms with van der Waals surface area (Å²) in [6.45, 7) is 5.57. The molecule has 24 heavy (non-hydrogen) atoms. The van der Waals surface area contributed by atoms with E-state index in [4.69, 9.17) is 9.47 Å². The Bertz CT molecular complexity index is 532. The van der Waals surface area contributed by atoms with E-state index < -0.39 is 0 Å². The quantitative estimate of drug-likeness (QED) is 0.753. The Kier molecular flexibility index (Phi) is 6.77. The summed E-state index contributed by atoms with van der Waals surface area (Å²) >= 11 is 1.75. The van der Waals surface area contributed by atoms with Gasteiger partial charge in [-0.15, -0.1) is 11.8 Å². The van der Waals surface area contributed by atoms with Gasteiger partial charge in [-0.3, -0.25) is 15.0 Å². The molecule has 0 spiro atoms. The first kappa shape index (κ1) is 17.5. The number of para-hydroxylation sites is 1. The van der Waals surface area contributed by atoms with Gasteiger partial charge < -0.3 is 14.8 Å². The molecule has 0 radical (unpaired) electrons. The molecule has 1 aromatic rings. The smallest absolute Gasteiger partial charge is 0.238 e. The van der Waals surface area contributed by atoms with Gasteiger partial charge >= 0.3 is 0 Å². The average molecular weight is 351 g/mol. The number of carbonyl (C=O) groups is 1. The minimum Gasteiger partial charge on any atom is -0.492 e. The van der Waals surface area contributed by atoms with Gasteiger partial charge in [0.15, 0.2) is 0 Å². The van der Waals surface area contributed by atoms with Crippen LogP contribution in [-0.4, -0.2) is 67.9 Å². The molecule has 1 atom stereocenters. The van der Waals surface area contributed by atoms with Crippen molar-refractivity contribution in [3.63, 3.8) is 0 Å². The summed E-state index contributed by atoms with van der Waals surface area (Å²) in [5.74, 6) is 2.59. The zero-order valence-electron chi connectivity index (χ0n) is 13.8. The highest BCUT2D eigenvalue weighted by atomic mass is 32.2. The van der Waals surface area contributed by atoms with E-state index in [-0.39, 0.29) is 11.9 Å². The first-order valence-corrected chi connectivity index (χ1v) is 9.58. The molecule has 2 aliphatic heterocycles. The molecule has 0 aromatic heterocycles. The number of carbonyl (C=O) groups excluding carboxylic acids is 1. The van der Waals surface area contributed by atoms with E-state index in [2.05, 4.69) is 15.5 Å². The van der Waals surface area contributed by atoms with E-state index >= 15 is 0 Å². The lowest BCUT2D eigenvalue weighted by Crippen LogP contribution is -2.41. The van der Waals surface area contributed by atoms with E-state index in [1.807, 2.05) is 24.3 Å². The molecule has 2 fully saturated rings. The second-order valence-electron chi connectivity index (χ2n) is 5.90. The fourth-order valence-corrected chi connectivity index (χ4v) is 3.71. The van der Waals surface area contributed by atoms with Gasteiger partial charge in [-0.25, -0.2) is 0 Å². The number of nitrogens with one attached hydrogen (secondary N) is 2. The normalized spacial score (nSPS) is 21.6. The van der Waals surface area contributed by atoms with Crippen LogP contribution in [0.25, 0.3) is 0 Å². The van der Waals surface area contributed by atoms with Crippen LogP contribution in [0, 0.1) is 0 Å². The molecule has 2 saturated heterocycles. The van der Waals surface area contributed by atoms with Crippen LogP contribution in [0.3, 0.4) is 0 Å². The molecule has 0 saturated carbocycles. The molecular formula is C17H25N3O3S. The minimum absolute atomic E-state index is 0.0584. The van der Waals surface area contributed by atoms with Crippen molar-refractivity contribution in [3.8, 4) is 5.75 Å². The number of rotatable bonds is 7. The second kappa shape index (κ2) is 9.27. The Morgan fingerprint density at radius 2 is 2.21 bits per heavy atom. The number of nitrogens with zero attached hydrogens (tertiary/aromatic N) is 1. The van der Waals surface area contributed by atoms with Crippen molar-refractivity contribution in [3.05, 3.63) is 29.8 Å². The molecule has 1 aromatic carbocycles. The van der Waals surface area contributed by atoms with E-state index in [0.29, 0.717) is 13.2 Å². The molecule has 2 N–H and O–H groups in total. The lowest BCUT2D eigenvalue weighted by Gasteiger charge is -2.26. The number of amides is 1. The summed E-state index contributed by atoms with van der Waals surface area (Å²) in [5.41, 5.74) is 1.01. The molecule has 3 rings (SSSR count). The van der Waals surface area contributed by atoms with Crippen molar-refractivity contribution in [1.29, 1.82) is 0 Å². The van der Waals surface area contributed by atoms with Gasteiger partial charge in [0.1, 0.15) is 12.4 Å². The average Bonchev–Trinajstić information content (AvgIpc) is 3.16. The Labute approximate surface area is 147 Å². The number of morpholine rings is 1. The van der Waals surface area contributed by atoms with Crippen LogP contribution in [-0.2, 0) is 16.1 Å². The Morgan fingerprint density at radius 3 is 3.00 bits per heavy atom. The highest BCUT2D eigenvalue weighted by Crippen LogP contribution is 2.18. The SMILES string of the molecule is O=C(NCc1ccccc1OCCN1CCOCC1)C1CSCN1. The van der Waals surface area contributed by atoms with Crippen LogP contribution < -0.4 is 15.4 Å². The Hall–Kier alpha value is -1.28. The van der Waals surface area contributed by atoms with Crippen molar-refractivity contribution < 1.29 is 14.3 Å². The monoisotopic (exact) mass is 351 g/mol. The highest BCUT2D eigenvalue weighted by Gasteiger charge is 2.22. The summed E-state index contributed by atoms with van der Waals surface area (Å²) in [6.07, 6.45) is 0. The predicted molar refractivity (Wildman–Crippen MR) is 95.3 cm³/mol. The van der Waals surface area contributed by atoms with Crippen molar-refractivity contribution in [2.24, 2.45) is 0 Å². The van der Waals surface area contributed by atoms with Crippen LogP contribution in [0.1, 0.15) is 5.56 Å². The summed E-state index contributed by atoms with van der Waals surface area (Å²) in [7, 11) is 0. The van der Waals surface area contributed by atoms with Crippen LogP contribution in [0.4, 0.5) is 0 Å². The van der Waals surface area contributed by atoms with Gasteiger partial charge in [-0.1, -0.05) is 18.2 Å². The molecule has 2 aliphatic rings. The molecule has 6 nitrogen and oxygen atoms in total. The van der Waals surface area contributed by atoms with Crippen LogP contribution in [0.5, 0.6) is 5.75 Å². The van der Waals surface area contributed by atoms with Crippen molar-refractivity contribution in [2.75, 3.05) is 51.1 Å². The zero-order chi connectivity index (χ0) is 16.6. The largest absolute Gasteiger partial charge is 0.492 e. The summed E-state index contributed by atoms with van der Waals surface area (Å²) in [5, 5.41) is 6.18. The third kappa shape index (κ3) is 5.11. The summed E-state index contributed by atoms with van der Waals surface area (Å²) in [6, 6.07) is 7.82. The molecule has 1 unspecified atom stereocenters. The number of ether oxygens (including phenoxy) is 2. The molecule has 0 bridgehead atoms. The van der Waals surface area contributed by atoms with Crippen LogP contribution in [0.15, 0.2) is 24.3 Å². The third-order valence-corrected chi connectivity index (χ3v) is 5.17. The minimum atomic E-state index is -0.0793. The lowest BCUT2D eigenvalue weighted by atomic mass is 10.2. The third-order valence-electron chi connectivity index (χ3n) is 4.23. The predicted octanol–water partition coefficient (Wildman–Crippen LogP) is 0.676. The maximum atomic E-state index is 12.1.